The number of pyridine rings is 1. The monoisotopic (exact) mass is 324 g/mol. The third-order valence-corrected chi connectivity index (χ3v) is 4.37. The van der Waals surface area contributed by atoms with Crippen molar-refractivity contribution in [1.82, 2.24) is 14.8 Å². The molecule has 2 atom stereocenters. The first-order valence-corrected chi connectivity index (χ1v) is 8.05. The standard InChI is InChI=1S/C17H20N6O/c1-11-6-13(9-20-8-11)21-17-14(16(19)24)10-23(22-17)15-5-3-2-4-12(15)7-18/h6,8-10,12,15H,2-5H2,1H3,(H2,19,24)(H,21,22). The molecule has 1 fully saturated rings. The Morgan fingerprint density at radius 3 is 2.92 bits per heavy atom. The van der Waals surface area contributed by atoms with Gasteiger partial charge in [-0.25, -0.2) is 0 Å². The minimum absolute atomic E-state index is 0.0203. The molecular weight excluding hydrogens is 304 g/mol. The molecule has 3 rings (SSSR count). The number of carbonyl (C=O) groups excluding carboxylic acids is 1. The zero-order chi connectivity index (χ0) is 17.1. The van der Waals surface area contributed by atoms with Crippen molar-refractivity contribution in [2.45, 2.75) is 38.6 Å². The fourth-order valence-electron chi connectivity index (χ4n) is 3.17. The highest BCUT2D eigenvalue weighted by atomic mass is 16.1. The maximum atomic E-state index is 11.8. The SMILES string of the molecule is Cc1cncc(Nc2nn(C3CCCCC3C#N)cc2C(N)=O)c1. The van der Waals surface area contributed by atoms with Crippen LogP contribution in [-0.4, -0.2) is 20.7 Å². The molecule has 0 aliphatic heterocycles. The minimum atomic E-state index is -0.548. The summed E-state index contributed by atoms with van der Waals surface area (Å²) in [6.45, 7) is 1.94. The number of primary amides is 1. The topological polar surface area (TPSA) is 110 Å². The van der Waals surface area contributed by atoms with Crippen molar-refractivity contribution in [2.24, 2.45) is 11.7 Å². The fraction of sp³-hybridized carbons (Fsp3) is 0.412. The van der Waals surface area contributed by atoms with Gasteiger partial charge >= 0.3 is 0 Å². The van der Waals surface area contributed by atoms with Gasteiger partial charge in [0.05, 0.1) is 29.9 Å². The molecule has 2 unspecified atom stereocenters. The van der Waals surface area contributed by atoms with Gasteiger partial charge in [0.25, 0.3) is 5.91 Å². The molecule has 1 saturated carbocycles. The van der Waals surface area contributed by atoms with Crippen LogP contribution in [0, 0.1) is 24.2 Å². The summed E-state index contributed by atoms with van der Waals surface area (Å²) in [5.41, 5.74) is 7.55. The molecule has 7 heteroatoms. The lowest BCUT2D eigenvalue weighted by Crippen LogP contribution is -2.22. The molecule has 124 valence electrons. The smallest absolute Gasteiger partial charge is 0.254 e. The second-order valence-corrected chi connectivity index (χ2v) is 6.20. The first-order chi connectivity index (χ1) is 11.6. The van der Waals surface area contributed by atoms with Crippen LogP contribution in [0.2, 0.25) is 0 Å². The highest BCUT2D eigenvalue weighted by Crippen LogP contribution is 2.34. The van der Waals surface area contributed by atoms with Crippen molar-refractivity contribution >= 4 is 17.4 Å². The van der Waals surface area contributed by atoms with Crippen molar-refractivity contribution in [3.05, 3.63) is 35.8 Å². The number of rotatable bonds is 4. The third kappa shape index (κ3) is 3.23. The molecule has 0 bridgehead atoms. The first-order valence-electron chi connectivity index (χ1n) is 8.05. The van der Waals surface area contributed by atoms with Gasteiger partial charge in [-0.1, -0.05) is 12.8 Å². The van der Waals surface area contributed by atoms with Crippen molar-refractivity contribution in [3.8, 4) is 6.07 Å². The van der Waals surface area contributed by atoms with Gasteiger partial charge in [-0.2, -0.15) is 10.4 Å². The molecule has 0 spiro atoms. The van der Waals surface area contributed by atoms with Gasteiger partial charge in [0, 0.05) is 12.4 Å². The highest BCUT2D eigenvalue weighted by molar-refractivity contribution is 5.98. The van der Waals surface area contributed by atoms with E-state index in [9.17, 15) is 10.1 Å². The van der Waals surface area contributed by atoms with E-state index >= 15 is 0 Å². The van der Waals surface area contributed by atoms with Crippen LogP contribution in [0.5, 0.6) is 0 Å². The molecule has 1 aliphatic carbocycles. The van der Waals surface area contributed by atoms with Gasteiger partial charge in [0.1, 0.15) is 5.56 Å². The number of carbonyl (C=O) groups is 1. The molecule has 7 nitrogen and oxygen atoms in total. The number of anilines is 2. The maximum absolute atomic E-state index is 11.8. The highest BCUT2D eigenvalue weighted by Gasteiger charge is 2.28. The number of aromatic nitrogens is 3. The molecule has 24 heavy (non-hydrogen) atoms. The summed E-state index contributed by atoms with van der Waals surface area (Å²) in [5, 5.41) is 17.0. The van der Waals surface area contributed by atoms with Gasteiger partial charge in [0.15, 0.2) is 5.82 Å². The summed E-state index contributed by atoms with van der Waals surface area (Å²) in [5.74, 6) is -0.237. The van der Waals surface area contributed by atoms with E-state index in [4.69, 9.17) is 5.73 Å². The third-order valence-electron chi connectivity index (χ3n) is 4.37. The number of nitrogens with two attached hydrogens (primary N) is 1. The molecule has 2 aromatic heterocycles. The summed E-state index contributed by atoms with van der Waals surface area (Å²) in [6, 6.07) is 4.25. The second kappa shape index (κ2) is 6.71. The van der Waals surface area contributed by atoms with E-state index in [2.05, 4.69) is 21.5 Å². The van der Waals surface area contributed by atoms with E-state index in [0.29, 0.717) is 11.4 Å². The number of nitriles is 1. The predicted molar refractivity (Wildman–Crippen MR) is 89.6 cm³/mol. The quantitative estimate of drug-likeness (QED) is 0.898. The van der Waals surface area contributed by atoms with Gasteiger partial charge in [-0.15, -0.1) is 0 Å². The van der Waals surface area contributed by atoms with Crippen LogP contribution in [0.3, 0.4) is 0 Å². The molecule has 2 aromatic rings. The van der Waals surface area contributed by atoms with Crippen LogP contribution >= 0.6 is 0 Å². The molecule has 1 amide bonds. The van der Waals surface area contributed by atoms with Crippen LogP contribution in [0.15, 0.2) is 24.7 Å². The van der Waals surface area contributed by atoms with Crippen molar-refractivity contribution in [2.75, 3.05) is 5.32 Å². The molecule has 2 heterocycles. The van der Waals surface area contributed by atoms with E-state index in [1.165, 1.54) is 0 Å². The summed E-state index contributed by atoms with van der Waals surface area (Å²) in [4.78, 5) is 15.9. The van der Waals surface area contributed by atoms with Crippen molar-refractivity contribution in [1.29, 1.82) is 5.26 Å². The Morgan fingerprint density at radius 1 is 1.42 bits per heavy atom. The average Bonchev–Trinajstić information content (AvgIpc) is 2.98. The fourth-order valence-corrected chi connectivity index (χ4v) is 3.17. The lowest BCUT2D eigenvalue weighted by Gasteiger charge is -2.26. The molecule has 0 aromatic carbocycles. The Hall–Kier alpha value is -2.88. The number of hydrogen-bond donors (Lipinski definition) is 2. The lowest BCUT2D eigenvalue weighted by molar-refractivity contribution is 0.100. The summed E-state index contributed by atoms with van der Waals surface area (Å²) < 4.78 is 1.72. The number of nitrogens with one attached hydrogen (secondary N) is 1. The number of amides is 1. The van der Waals surface area contributed by atoms with Crippen LogP contribution in [0.4, 0.5) is 11.5 Å². The van der Waals surface area contributed by atoms with E-state index < -0.39 is 5.91 Å². The van der Waals surface area contributed by atoms with Gasteiger partial charge < -0.3 is 11.1 Å². The Labute approximate surface area is 140 Å². The molecule has 0 saturated heterocycles. The Bertz CT molecular complexity index is 791. The predicted octanol–water partition coefficient (Wildman–Crippen LogP) is 2.68. The van der Waals surface area contributed by atoms with Gasteiger partial charge in [-0.05, 0) is 31.4 Å². The Balaban J connectivity index is 1.93. The van der Waals surface area contributed by atoms with Crippen LogP contribution in [-0.2, 0) is 0 Å². The van der Waals surface area contributed by atoms with Crippen molar-refractivity contribution in [3.63, 3.8) is 0 Å². The summed E-state index contributed by atoms with van der Waals surface area (Å²) in [6.07, 6.45) is 8.90. The summed E-state index contributed by atoms with van der Waals surface area (Å²) in [7, 11) is 0. The number of aryl methyl sites for hydroxylation is 1. The average molecular weight is 324 g/mol. The number of nitrogens with zero attached hydrogens (tertiary/aromatic N) is 4. The molecule has 1 aliphatic rings. The van der Waals surface area contributed by atoms with Gasteiger partial charge in [-0.3, -0.25) is 14.5 Å². The minimum Gasteiger partial charge on any atom is -0.365 e. The largest absolute Gasteiger partial charge is 0.365 e. The van der Waals surface area contributed by atoms with Gasteiger partial charge in [0.2, 0.25) is 0 Å². The zero-order valence-corrected chi connectivity index (χ0v) is 13.6. The van der Waals surface area contributed by atoms with Crippen molar-refractivity contribution < 1.29 is 4.79 Å². The Kier molecular flexibility index (Phi) is 4.47. The van der Waals surface area contributed by atoms with E-state index in [0.717, 1.165) is 36.9 Å². The molecule has 0 radical (unpaired) electrons. The van der Waals surface area contributed by atoms with Crippen LogP contribution < -0.4 is 11.1 Å². The Morgan fingerprint density at radius 2 is 2.21 bits per heavy atom. The van der Waals surface area contributed by atoms with E-state index in [1.807, 2.05) is 13.0 Å². The van der Waals surface area contributed by atoms with E-state index in [1.54, 1.807) is 23.3 Å². The summed E-state index contributed by atoms with van der Waals surface area (Å²) >= 11 is 0. The number of hydrogen-bond acceptors (Lipinski definition) is 5. The lowest BCUT2D eigenvalue weighted by atomic mass is 9.85. The van der Waals surface area contributed by atoms with E-state index in [-0.39, 0.29) is 12.0 Å². The normalized spacial score (nSPS) is 20.3. The van der Waals surface area contributed by atoms with Crippen LogP contribution in [0.25, 0.3) is 0 Å². The van der Waals surface area contributed by atoms with Crippen LogP contribution in [0.1, 0.15) is 47.6 Å². The maximum Gasteiger partial charge on any atom is 0.254 e. The zero-order valence-electron chi connectivity index (χ0n) is 13.6. The molecular formula is C17H20N6O. The molecule has 3 N–H and O–H groups in total. The first kappa shape index (κ1) is 16.0. The second-order valence-electron chi connectivity index (χ2n) is 6.20.